The highest BCUT2D eigenvalue weighted by Gasteiger charge is 2.40. The van der Waals surface area contributed by atoms with Gasteiger partial charge in [-0.2, -0.15) is 13.2 Å². The van der Waals surface area contributed by atoms with Crippen molar-refractivity contribution in [2.24, 2.45) is 0 Å². The molecule has 0 bridgehead atoms. The molecule has 1 saturated heterocycles. The lowest BCUT2D eigenvalue weighted by atomic mass is 10.0. The standard InChI is InChI=1S/C18H16F3NOS/c1-11-7-8-13(9-12(11)2)22-16(23)10-24-17(22)14-5-3-4-6-15(14)18(19,20)21/h3-9,17H,10H2,1-2H3/t17-/m0/s1. The van der Waals surface area contributed by atoms with Gasteiger partial charge in [0.2, 0.25) is 5.91 Å². The molecule has 0 radical (unpaired) electrons. The number of benzene rings is 2. The molecule has 1 atom stereocenters. The average Bonchev–Trinajstić information content (AvgIpc) is 2.91. The highest BCUT2D eigenvalue weighted by Crippen LogP contribution is 2.46. The Morgan fingerprint density at radius 3 is 2.46 bits per heavy atom. The Hall–Kier alpha value is -1.95. The predicted octanol–water partition coefficient (Wildman–Crippen LogP) is 5.10. The summed E-state index contributed by atoms with van der Waals surface area (Å²) in [6.45, 7) is 3.88. The number of alkyl halides is 3. The Balaban J connectivity index is 2.08. The Bertz CT molecular complexity index is 788. The first kappa shape index (κ1) is 16.9. The van der Waals surface area contributed by atoms with Crippen LogP contribution in [0.5, 0.6) is 0 Å². The van der Waals surface area contributed by atoms with Crippen LogP contribution in [0, 0.1) is 13.8 Å². The van der Waals surface area contributed by atoms with Gasteiger partial charge in [-0.25, -0.2) is 0 Å². The average molecular weight is 351 g/mol. The van der Waals surface area contributed by atoms with E-state index in [2.05, 4.69) is 0 Å². The van der Waals surface area contributed by atoms with E-state index in [1.54, 1.807) is 12.1 Å². The van der Waals surface area contributed by atoms with Gasteiger partial charge in [-0.05, 0) is 48.7 Å². The van der Waals surface area contributed by atoms with Gasteiger partial charge in [0.15, 0.2) is 0 Å². The van der Waals surface area contributed by atoms with E-state index < -0.39 is 17.1 Å². The third kappa shape index (κ3) is 3.02. The maximum Gasteiger partial charge on any atom is 0.416 e. The molecule has 1 fully saturated rings. The zero-order chi connectivity index (χ0) is 17.5. The van der Waals surface area contributed by atoms with Gasteiger partial charge < -0.3 is 0 Å². The van der Waals surface area contributed by atoms with Crippen molar-refractivity contribution < 1.29 is 18.0 Å². The summed E-state index contributed by atoms with van der Waals surface area (Å²) < 4.78 is 40.0. The van der Waals surface area contributed by atoms with Crippen molar-refractivity contribution in [1.29, 1.82) is 0 Å². The molecule has 1 heterocycles. The van der Waals surface area contributed by atoms with Gasteiger partial charge in [-0.3, -0.25) is 9.69 Å². The second-order valence-corrected chi connectivity index (χ2v) is 6.85. The summed E-state index contributed by atoms with van der Waals surface area (Å²) >= 11 is 1.22. The number of hydrogen-bond acceptors (Lipinski definition) is 2. The minimum absolute atomic E-state index is 0.124. The molecule has 1 aliphatic rings. The van der Waals surface area contributed by atoms with Crippen molar-refractivity contribution in [2.45, 2.75) is 25.4 Å². The number of halogens is 3. The van der Waals surface area contributed by atoms with E-state index in [0.717, 1.165) is 17.2 Å². The third-order valence-corrected chi connectivity index (χ3v) is 5.36. The monoisotopic (exact) mass is 351 g/mol. The number of aryl methyl sites for hydroxylation is 2. The van der Waals surface area contributed by atoms with Crippen LogP contribution in [-0.4, -0.2) is 11.7 Å². The van der Waals surface area contributed by atoms with Gasteiger partial charge in [0.1, 0.15) is 5.37 Å². The zero-order valence-electron chi connectivity index (χ0n) is 13.2. The van der Waals surface area contributed by atoms with E-state index >= 15 is 0 Å². The van der Waals surface area contributed by atoms with Crippen LogP contribution in [0.25, 0.3) is 0 Å². The van der Waals surface area contributed by atoms with Gasteiger partial charge in [-0.1, -0.05) is 24.3 Å². The smallest absolute Gasteiger partial charge is 0.295 e. The lowest BCUT2D eigenvalue weighted by Gasteiger charge is -2.27. The lowest BCUT2D eigenvalue weighted by Crippen LogP contribution is -2.29. The van der Waals surface area contributed by atoms with Crippen LogP contribution < -0.4 is 4.90 Å². The molecule has 0 spiro atoms. The number of carbonyl (C=O) groups is 1. The normalized spacial score (nSPS) is 18.3. The minimum Gasteiger partial charge on any atom is -0.295 e. The highest BCUT2D eigenvalue weighted by molar-refractivity contribution is 8.00. The molecule has 3 rings (SSSR count). The summed E-state index contributed by atoms with van der Waals surface area (Å²) in [4.78, 5) is 13.8. The summed E-state index contributed by atoms with van der Waals surface area (Å²) in [6, 6.07) is 11.0. The maximum atomic E-state index is 13.3. The second-order valence-electron chi connectivity index (χ2n) is 5.78. The quantitative estimate of drug-likeness (QED) is 0.750. The predicted molar refractivity (Wildman–Crippen MR) is 90.0 cm³/mol. The van der Waals surface area contributed by atoms with E-state index in [1.165, 1.54) is 28.8 Å². The van der Waals surface area contributed by atoms with Crippen molar-refractivity contribution in [3.63, 3.8) is 0 Å². The molecule has 2 aromatic rings. The van der Waals surface area contributed by atoms with Gasteiger partial charge >= 0.3 is 6.18 Å². The first-order chi connectivity index (χ1) is 11.3. The molecule has 126 valence electrons. The summed E-state index contributed by atoms with van der Waals surface area (Å²) in [5.41, 5.74) is 2.14. The summed E-state index contributed by atoms with van der Waals surface area (Å²) in [7, 11) is 0. The lowest BCUT2D eigenvalue weighted by molar-refractivity contribution is -0.138. The van der Waals surface area contributed by atoms with Gasteiger partial charge in [0, 0.05) is 5.69 Å². The van der Waals surface area contributed by atoms with Gasteiger partial charge in [0.25, 0.3) is 0 Å². The molecule has 0 aliphatic carbocycles. The number of nitrogens with zero attached hydrogens (tertiary/aromatic N) is 1. The van der Waals surface area contributed by atoms with E-state index in [1.807, 2.05) is 26.0 Å². The van der Waals surface area contributed by atoms with Gasteiger partial charge in [-0.15, -0.1) is 11.8 Å². The Kier molecular flexibility index (Phi) is 4.34. The van der Waals surface area contributed by atoms with E-state index in [9.17, 15) is 18.0 Å². The Morgan fingerprint density at radius 1 is 1.08 bits per heavy atom. The molecule has 0 N–H and O–H groups in total. The van der Waals surface area contributed by atoms with Crippen LogP contribution in [0.4, 0.5) is 18.9 Å². The number of amides is 1. The Labute approximate surface area is 142 Å². The molecule has 0 unspecified atom stereocenters. The van der Waals surface area contributed by atoms with E-state index in [4.69, 9.17) is 0 Å². The largest absolute Gasteiger partial charge is 0.416 e. The van der Waals surface area contributed by atoms with E-state index in [0.29, 0.717) is 5.69 Å². The second kappa shape index (κ2) is 6.16. The molecule has 24 heavy (non-hydrogen) atoms. The number of hydrogen-bond donors (Lipinski definition) is 0. The van der Waals surface area contributed by atoms with Crippen molar-refractivity contribution in [1.82, 2.24) is 0 Å². The molecular formula is C18H16F3NOS. The number of anilines is 1. The number of carbonyl (C=O) groups excluding carboxylic acids is 1. The molecule has 2 nitrogen and oxygen atoms in total. The topological polar surface area (TPSA) is 20.3 Å². The van der Waals surface area contributed by atoms with Crippen molar-refractivity contribution >= 4 is 23.4 Å². The summed E-state index contributed by atoms with van der Waals surface area (Å²) in [6.07, 6.45) is -4.45. The van der Waals surface area contributed by atoms with Crippen LogP contribution in [0.15, 0.2) is 42.5 Å². The fourth-order valence-corrected chi connectivity index (χ4v) is 3.99. The van der Waals surface area contributed by atoms with E-state index in [-0.39, 0.29) is 17.2 Å². The zero-order valence-corrected chi connectivity index (χ0v) is 14.0. The molecule has 0 saturated carbocycles. The number of rotatable bonds is 2. The van der Waals surface area contributed by atoms with Crippen LogP contribution in [0.2, 0.25) is 0 Å². The van der Waals surface area contributed by atoms with Crippen LogP contribution in [0.1, 0.15) is 27.6 Å². The fraction of sp³-hybridized carbons (Fsp3) is 0.278. The number of thioether (sulfide) groups is 1. The summed E-state index contributed by atoms with van der Waals surface area (Å²) in [5, 5.41) is -0.669. The molecule has 1 amide bonds. The van der Waals surface area contributed by atoms with Crippen LogP contribution >= 0.6 is 11.8 Å². The molecule has 0 aromatic heterocycles. The van der Waals surface area contributed by atoms with Gasteiger partial charge in [0.05, 0.1) is 11.3 Å². The fourth-order valence-electron chi connectivity index (χ4n) is 2.78. The first-order valence-electron chi connectivity index (χ1n) is 7.46. The molecule has 2 aromatic carbocycles. The molecule has 6 heteroatoms. The molecular weight excluding hydrogens is 335 g/mol. The Morgan fingerprint density at radius 2 is 1.79 bits per heavy atom. The maximum absolute atomic E-state index is 13.3. The minimum atomic E-state index is -4.45. The first-order valence-corrected chi connectivity index (χ1v) is 8.51. The van der Waals surface area contributed by atoms with Crippen molar-refractivity contribution in [3.05, 3.63) is 64.7 Å². The van der Waals surface area contributed by atoms with Crippen molar-refractivity contribution in [3.8, 4) is 0 Å². The highest BCUT2D eigenvalue weighted by atomic mass is 32.2. The van der Waals surface area contributed by atoms with Crippen molar-refractivity contribution in [2.75, 3.05) is 10.7 Å². The van der Waals surface area contributed by atoms with Crippen LogP contribution in [-0.2, 0) is 11.0 Å². The summed E-state index contributed by atoms with van der Waals surface area (Å²) in [5.74, 6) is -0.00529. The molecule has 1 aliphatic heterocycles. The van der Waals surface area contributed by atoms with Crippen LogP contribution in [0.3, 0.4) is 0 Å². The SMILES string of the molecule is Cc1ccc(N2C(=O)CS[C@H]2c2ccccc2C(F)(F)F)cc1C. The third-order valence-electron chi connectivity index (χ3n) is 4.17.